The summed E-state index contributed by atoms with van der Waals surface area (Å²) in [6, 6.07) is -0.323. The van der Waals surface area contributed by atoms with Gasteiger partial charge in [0.05, 0.1) is 0 Å². The molecule has 4 heteroatoms. The molecular weight excluding hydrogens is 264 g/mol. The van der Waals surface area contributed by atoms with Gasteiger partial charge >= 0.3 is 0 Å². The number of carbonyl (C=O) groups is 2. The van der Waals surface area contributed by atoms with E-state index in [0.717, 1.165) is 25.3 Å². The summed E-state index contributed by atoms with van der Waals surface area (Å²) in [5.41, 5.74) is 0. The van der Waals surface area contributed by atoms with E-state index < -0.39 is 0 Å². The molecule has 1 aliphatic carbocycles. The first-order chi connectivity index (χ1) is 10.1. The van der Waals surface area contributed by atoms with E-state index in [1.165, 1.54) is 32.1 Å². The van der Waals surface area contributed by atoms with Gasteiger partial charge < -0.3 is 10.2 Å². The van der Waals surface area contributed by atoms with Crippen LogP contribution in [0.15, 0.2) is 0 Å². The van der Waals surface area contributed by atoms with Crippen LogP contribution in [0.3, 0.4) is 0 Å². The van der Waals surface area contributed by atoms with E-state index in [4.69, 9.17) is 0 Å². The first-order valence-corrected chi connectivity index (χ1v) is 8.70. The molecule has 120 valence electrons. The van der Waals surface area contributed by atoms with Crippen molar-refractivity contribution < 1.29 is 9.59 Å². The molecule has 2 aliphatic rings. The van der Waals surface area contributed by atoms with E-state index in [2.05, 4.69) is 12.2 Å². The summed E-state index contributed by atoms with van der Waals surface area (Å²) in [6.07, 6.45) is 9.16. The van der Waals surface area contributed by atoms with Gasteiger partial charge in [-0.3, -0.25) is 9.59 Å². The maximum Gasteiger partial charge on any atom is 0.245 e. The van der Waals surface area contributed by atoms with Crippen LogP contribution >= 0.6 is 0 Å². The van der Waals surface area contributed by atoms with Gasteiger partial charge in [-0.2, -0.15) is 0 Å². The molecule has 1 aliphatic heterocycles. The zero-order valence-corrected chi connectivity index (χ0v) is 13.6. The summed E-state index contributed by atoms with van der Waals surface area (Å²) in [4.78, 5) is 26.3. The Kier molecular flexibility index (Phi) is 6.07. The number of nitrogens with zero attached hydrogens (tertiary/aromatic N) is 1. The molecule has 0 bridgehead atoms. The van der Waals surface area contributed by atoms with Gasteiger partial charge in [-0.1, -0.05) is 46.0 Å². The zero-order chi connectivity index (χ0) is 15.2. The predicted octanol–water partition coefficient (Wildman–Crippen LogP) is 2.72. The van der Waals surface area contributed by atoms with Crippen LogP contribution < -0.4 is 5.32 Å². The number of rotatable bonds is 6. The summed E-state index contributed by atoms with van der Waals surface area (Å²) in [5, 5.41) is 2.91. The lowest BCUT2D eigenvalue weighted by molar-refractivity contribution is -0.135. The van der Waals surface area contributed by atoms with Crippen molar-refractivity contribution in [2.24, 2.45) is 11.8 Å². The lowest BCUT2D eigenvalue weighted by Crippen LogP contribution is -2.48. The van der Waals surface area contributed by atoms with Gasteiger partial charge in [0.2, 0.25) is 11.8 Å². The molecule has 2 amide bonds. The largest absolute Gasteiger partial charge is 0.344 e. The van der Waals surface area contributed by atoms with E-state index in [9.17, 15) is 9.59 Å². The summed E-state index contributed by atoms with van der Waals surface area (Å²) >= 11 is 0. The van der Waals surface area contributed by atoms with E-state index in [-0.39, 0.29) is 23.8 Å². The lowest BCUT2D eigenvalue weighted by atomic mass is 9.97. The average Bonchev–Trinajstić information content (AvgIpc) is 2.95. The Balaban J connectivity index is 1.87. The molecule has 0 aromatic carbocycles. The van der Waals surface area contributed by atoms with Crippen LogP contribution in [0.25, 0.3) is 0 Å². The number of hydrogen-bond donors (Lipinski definition) is 1. The highest BCUT2D eigenvalue weighted by atomic mass is 16.2. The van der Waals surface area contributed by atoms with E-state index in [0.29, 0.717) is 13.0 Å². The Bertz CT molecular complexity index is 364. The van der Waals surface area contributed by atoms with Crippen LogP contribution in [0.2, 0.25) is 0 Å². The molecule has 1 N–H and O–H groups in total. The number of hydrogen-bond acceptors (Lipinski definition) is 2. The molecule has 2 atom stereocenters. The first-order valence-electron chi connectivity index (χ1n) is 8.70. The molecule has 1 saturated heterocycles. The fourth-order valence-corrected chi connectivity index (χ4v) is 3.56. The van der Waals surface area contributed by atoms with Crippen molar-refractivity contribution in [3.63, 3.8) is 0 Å². The molecule has 2 rings (SSSR count). The standard InChI is InChI=1S/C17H30N2O2/c1-3-13(2)16-17(21)19(12-10-15(20)18-16)11-6-9-14-7-4-5-8-14/h13-14,16H,3-12H2,1-2H3,(H,18,20). The topological polar surface area (TPSA) is 49.4 Å². The molecule has 0 aromatic rings. The van der Waals surface area contributed by atoms with Crippen molar-refractivity contribution >= 4 is 11.8 Å². The monoisotopic (exact) mass is 294 g/mol. The second kappa shape index (κ2) is 7.81. The Morgan fingerprint density at radius 1 is 1.29 bits per heavy atom. The Hall–Kier alpha value is -1.06. The highest BCUT2D eigenvalue weighted by Crippen LogP contribution is 2.28. The van der Waals surface area contributed by atoms with Gasteiger partial charge in [-0.15, -0.1) is 0 Å². The summed E-state index contributed by atoms with van der Waals surface area (Å²) in [5.74, 6) is 1.22. The van der Waals surface area contributed by atoms with E-state index in [1.54, 1.807) is 0 Å². The van der Waals surface area contributed by atoms with Crippen molar-refractivity contribution in [1.29, 1.82) is 0 Å². The van der Waals surface area contributed by atoms with Crippen LogP contribution in [0.5, 0.6) is 0 Å². The third kappa shape index (κ3) is 4.45. The number of carbonyl (C=O) groups excluding carboxylic acids is 2. The predicted molar refractivity (Wildman–Crippen MR) is 83.8 cm³/mol. The molecule has 0 radical (unpaired) electrons. The quantitative estimate of drug-likeness (QED) is 0.819. The lowest BCUT2D eigenvalue weighted by Gasteiger charge is -2.27. The molecule has 4 nitrogen and oxygen atoms in total. The number of nitrogens with one attached hydrogen (secondary N) is 1. The second-order valence-electron chi connectivity index (χ2n) is 6.80. The smallest absolute Gasteiger partial charge is 0.245 e. The van der Waals surface area contributed by atoms with Gasteiger partial charge in [0.1, 0.15) is 6.04 Å². The summed E-state index contributed by atoms with van der Waals surface area (Å²) in [6.45, 7) is 5.52. The van der Waals surface area contributed by atoms with Crippen LogP contribution in [-0.4, -0.2) is 35.8 Å². The summed E-state index contributed by atoms with van der Waals surface area (Å²) < 4.78 is 0. The van der Waals surface area contributed by atoms with Crippen LogP contribution in [0, 0.1) is 11.8 Å². The van der Waals surface area contributed by atoms with Crippen molar-refractivity contribution in [2.75, 3.05) is 13.1 Å². The van der Waals surface area contributed by atoms with Crippen molar-refractivity contribution in [2.45, 2.75) is 71.3 Å². The van der Waals surface area contributed by atoms with Gasteiger partial charge in [0.15, 0.2) is 0 Å². The highest BCUT2D eigenvalue weighted by Gasteiger charge is 2.32. The normalized spacial score (nSPS) is 25.8. The minimum atomic E-state index is -0.323. The maximum absolute atomic E-state index is 12.6. The molecule has 0 aromatic heterocycles. The van der Waals surface area contributed by atoms with Gasteiger partial charge in [-0.05, 0) is 24.7 Å². The Morgan fingerprint density at radius 2 is 2.00 bits per heavy atom. The van der Waals surface area contributed by atoms with Gasteiger partial charge in [0, 0.05) is 19.5 Å². The SMILES string of the molecule is CCC(C)C1NC(=O)CCN(CCCC2CCCC2)C1=O. The highest BCUT2D eigenvalue weighted by molar-refractivity contribution is 5.90. The first kappa shape index (κ1) is 16.3. The van der Waals surface area contributed by atoms with E-state index in [1.807, 2.05) is 11.8 Å². The maximum atomic E-state index is 12.6. The van der Waals surface area contributed by atoms with Crippen molar-refractivity contribution in [1.82, 2.24) is 10.2 Å². The third-order valence-corrected chi connectivity index (χ3v) is 5.23. The summed E-state index contributed by atoms with van der Waals surface area (Å²) in [7, 11) is 0. The fourth-order valence-electron chi connectivity index (χ4n) is 3.56. The van der Waals surface area contributed by atoms with Crippen LogP contribution in [0.4, 0.5) is 0 Å². The molecule has 1 saturated carbocycles. The molecule has 21 heavy (non-hydrogen) atoms. The number of amides is 2. The van der Waals surface area contributed by atoms with Crippen LogP contribution in [0.1, 0.15) is 65.2 Å². The molecule has 2 unspecified atom stereocenters. The fraction of sp³-hybridized carbons (Fsp3) is 0.882. The zero-order valence-electron chi connectivity index (χ0n) is 13.6. The van der Waals surface area contributed by atoms with Crippen molar-refractivity contribution in [3.8, 4) is 0 Å². The minimum absolute atomic E-state index is 0.0203. The molecule has 0 spiro atoms. The Labute approximate surface area is 128 Å². The molecule has 1 heterocycles. The van der Waals surface area contributed by atoms with Gasteiger partial charge in [0.25, 0.3) is 0 Å². The second-order valence-corrected chi connectivity index (χ2v) is 6.80. The molecular formula is C17H30N2O2. The third-order valence-electron chi connectivity index (χ3n) is 5.23. The van der Waals surface area contributed by atoms with Gasteiger partial charge in [-0.25, -0.2) is 0 Å². The molecule has 2 fully saturated rings. The van der Waals surface area contributed by atoms with Crippen LogP contribution in [-0.2, 0) is 9.59 Å². The van der Waals surface area contributed by atoms with Crippen molar-refractivity contribution in [3.05, 3.63) is 0 Å². The minimum Gasteiger partial charge on any atom is -0.344 e. The Morgan fingerprint density at radius 3 is 2.67 bits per heavy atom. The van der Waals surface area contributed by atoms with E-state index >= 15 is 0 Å². The average molecular weight is 294 g/mol.